The lowest BCUT2D eigenvalue weighted by Gasteiger charge is -2.18. The summed E-state index contributed by atoms with van der Waals surface area (Å²) in [6.45, 7) is 4.39. The summed E-state index contributed by atoms with van der Waals surface area (Å²) in [4.78, 5) is 15.3. The van der Waals surface area contributed by atoms with Gasteiger partial charge in [0.05, 0.1) is 18.2 Å². The smallest absolute Gasteiger partial charge is 0.232 e. The van der Waals surface area contributed by atoms with Crippen molar-refractivity contribution in [1.82, 2.24) is 4.90 Å². The first-order valence-corrected chi connectivity index (χ1v) is 10.1. The Kier molecular flexibility index (Phi) is 5.17. The molecule has 0 aromatic heterocycles. The van der Waals surface area contributed by atoms with Gasteiger partial charge in [0.2, 0.25) is 5.78 Å². The molecule has 1 N–H and O–H groups in total. The van der Waals surface area contributed by atoms with Gasteiger partial charge in [-0.2, -0.15) is 0 Å². The fourth-order valence-corrected chi connectivity index (χ4v) is 4.24. The van der Waals surface area contributed by atoms with E-state index in [4.69, 9.17) is 9.47 Å². The van der Waals surface area contributed by atoms with E-state index in [9.17, 15) is 9.90 Å². The maximum absolute atomic E-state index is 13.1. The van der Waals surface area contributed by atoms with Gasteiger partial charge in [-0.3, -0.25) is 9.69 Å². The molecule has 0 aliphatic carbocycles. The van der Waals surface area contributed by atoms with Crippen molar-refractivity contribution < 1.29 is 19.4 Å². The number of phenols is 1. The molecule has 146 valence electrons. The fraction of sp³-hybridized carbons (Fsp3) is 0.318. The minimum absolute atomic E-state index is 0.169. The van der Waals surface area contributed by atoms with Crippen LogP contribution in [0.2, 0.25) is 0 Å². The maximum atomic E-state index is 13.1. The number of hydrogen-bond acceptors (Lipinski definition) is 5. The number of allylic oxidation sites excluding steroid dienone is 1. The van der Waals surface area contributed by atoms with Crippen molar-refractivity contribution >= 4 is 27.8 Å². The van der Waals surface area contributed by atoms with Crippen LogP contribution in [0.15, 0.2) is 34.5 Å². The summed E-state index contributed by atoms with van der Waals surface area (Å²) in [6.07, 6.45) is 4.01. The second-order valence-electron chi connectivity index (χ2n) is 7.20. The number of nitrogens with zero attached hydrogens (tertiary/aromatic N) is 1. The van der Waals surface area contributed by atoms with Crippen LogP contribution in [0.25, 0.3) is 6.08 Å². The van der Waals surface area contributed by atoms with Crippen molar-refractivity contribution in [2.75, 3.05) is 20.2 Å². The van der Waals surface area contributed by atoms with Crippen LogP contribution in [0.5, 0.6) is 17.2 Å². The van der Waals surface area contributed by atoms with E-state index in [0.717, 1.165) is 36.0 Å². The standard InChI is InChI=1S/C22H22BrNO4/c1-13-9-17(25)16(12-24-7-3-4-8-24)22-20(13)21(26)19(28-22)11-14-10-15(23)5-6-18(14)27-2/h5-6,9-11,25H,3-4,7-8,12H2,1-2H3/b19-11-. The van der Waals surface area contributed by atoms with E-state index in [-0.39, 0.29) is 17.3 Å². The van der Waals surface area contributed by atoms with Gasteiger partial charge >= 0.3 is 0 Å². The molecule has 0 radical (unpaired) electrons. The summed E-state index contributed by atoms with van der Waals surface area (Å²) >= 11 is 3.45. The van der Waals surface area contributed by atoms with Gasteiger partial charge in [-0.1, -0.05) is 15.9 Å². The van der Waals surface area contributed by atoms with Gasteiger partial charge in [0, 0.05) is 16.6 Å². The molecule has 1 saturated heterocycles. The van der Waals surface area contributed by atoms with Crippen LogP contribution < -0.4 is 9.47 Å². The zero-order valence-electron chi connectivity index (χ0n) is 15.9. The molecule has 28 heavy (non-hydrogen) atoms. The normalized spacial score (nSPS) is 17.8. The molecule has 2 aromatic carbocycles. The van der Waals surface area contributed by atoms with E-state index in [1.54, 1.807) is 19.3 Å². The second-order valence-corrected chi connectivity index (χ2v) is 8.12. The number of hydrogen-bond donors (Lipinski definition) is 1. The Morgan fingerprint density at radius 2 is 2.04 bits per heavy atom. The molecule has 2 aliphatic heterocycles. The largest absolute Gasteiger partial charge is 0.507 e. The summed E-state index contributed by atoms with van der Waals surface area (Å²) in [7, 11) is 1.59. The average Bonchev–Trinajstić information content (AvgIpc) is 3.27. The first-order valence-electron chi connectivity index (χ1n) is 9.33. The van der Waals surface area contributed by atoms with Gasteiger partial charge in [0.1, 0.15) is 17.2 Å². The summed E-state index contributed by atoms with van der Waals surface area (Å²) in [5, 5.41) is 10.5. The van der Waals surface area contributed by atoms with Gasteiger partial charge in [-0.05, 0) is 68.8 Å². The first-order chi connectivity index (χ1) is 13.5. The Morgan fingerprint density at radius 1 is 1.29 bits per heavy atom. The Bertz CT molecular complexity index is 977. The Balaban J connectivity index is 1.75. The summed E-state index contributed by atoms with van der Waals surface area (Å²) < 4.78 is 12.3. The third-order valence-corrected chi connectivity index (χ3v) is 5.77. The highest BCUT2D eigenvalue weighted by molar-refractivity contribution is 9.10. The topological polar surface area (TPSA) is 59.0 Å². The summed E-state index contributed by atoms with van der Waals surface area (Å²) in [6, 6.07) is 7.25. The van der Waals surface area contributed by atoms with Gasteiger partial charge in [-0.15, -0.1) is 0 Å². The van der Waals surface area contributed by atoms with Gasteiger partial charge in [0.25, 0.3) is 0 Å². The number of aromatic hydroxyl groups is 1. The maximum Gasteiger partial charge on any atom is 0.232 e. The molecule has 0 saturated carbocycles. The molecule has 0 bridgehead atoms. The summed E-state index contributed by atoms with van der Waals surface area (Å²) in [5.74, 6) is 1.38. The SMILES string of the molecule is COc1ccc(Br)cc1/C=C1\Oc2c(CN3CCCC3)c(O)cc(C)c2C1=O. The van der Waals surface area contributed by atoms with Crippen molar-refractivity contribution in [3.63, 3.8) is 0 Å². The molecule has 0 amide bonds. The second kappa shape index (κ2) is 7.60. The molecule has 2 heterocycles. The Morgan fingerprint density at radius 3 is 2.75 bits per heavy atom. The average molecular weight is 444 g/mol. The third-order valence-electron chi connectivity index (χ3n) is 5.28. The van der Waals surface area contributed by atoms with E-state index in [1.807, 2.05) is 25.1 Å². The predicted molar refractivity (Wildman–Crippen MR) is 111 cm³/mol. The highest BCUT2D eigenvalue weighted by Gasteiger charge is 2.34. The molecule has 2 aliphatic rings. The zero-order chi connectivity index (χ0) is 19.8. The van der Waals surface area contributed by atoms with Crippen LogP contribution in [0, 0.1) is 6.92 Å². The number of Topliss-reactive ketones (excluding diaryl/α,β-unsaturated/α-hetero) is 1. The lowest BCUT2D eigenvalue weighted by atomic mass is 9.99. The van der Waals surface area contributed by atoms with E-state index in [2.05, 4.69) is 20.8 Å². The third kappa shape index (κ3) is 3.42. The highest BCUT2D eigenvalue weighted by atomic mass is 79.9. The zero-order valence-corrected chi connectivity index (χ0v) is 17.5. The van der Waals surface area contributed by atoms with Crippen molar-refractivity contribution in [2.24, 2.45) is 0 Å². The van der Waals surface area contributed by atoms with Gasteiger partial charge in [0.15, 0.2) is 5.76 Å². The van der Waals surface area contributed by atoms with Gasteiger partial charge in [-0.25, -0.2) is 0 Å². The van der Waals surface area contributed by atoms with Crippen LogP contribution in [0.3, 0.4) is 0 Å². The molecule has 5 nitrogen and oxygen atoms in total. The first kappa shape index (κ1) is 19.0. The van der Waals surface area contributed by atoms with E-state index < -0.39 is 0 Å². The van der Waals surface area contributed by atoms with Gasteiger partial charge < -0.3 is 14.6 Å². The molecule has 1 fully saturated rings. The van der Waals surface area contributed by atoms with Crippen LogP contribution in [-0.4, -0.2) is 36.0 Å². The number of carbonyl (C=O) groups is 1. The number of methoxy groups -OCH3 is 1. The number of ketones is 1. The number of likely N-dealkylation sites (tertiary alicyclic amines) is 1. The molecule has 6 heteroatoms. The quantitative estimate of drug-likeness (QED) is 0.694. The van der Waals surface area contributed by atoms with Crippen molar-refractivity contribution in [3.05, 3.63) is 56.8 Å². The number of ether oxygens (including phenoxy) is 2. The van der Waals surface area contributed by atoms with Crippen LogP contribution in [0.4, 0.5) is 0 Å². The monoisotopic (exact) mass is 443 g/mol. The Labute approximate surface area is 172 Å². The number of halogens is 1. The number of phenolic OH excluding ortho intramolecular Hbond substituents is 1. The van der Waals surface area contributed by atoms with E-state index in [1.165, 1.54) is 0 Å². The molecule has 2 aromatic rings. The van der Waals surface area contributed by atoms with Crippen molar-refractivity contribution in [1.29, 1.82) is 0 Å². The van der Waals surface area contributed by atoms with Crippen LogP contribution >= 0.6 is 15.9 Å². The molecule has 0 spiro atoms. The van der Waals surface area contributed by atoms with Crippen LogP contribution in [0.1, 0.15) is 39.9 Å². The molecular weight excluding hydrogens is 422 g/mol. The number of benzene rings is 2. The number of fused-ring (bicyclic) bond motifs is 1. The van der Waals surface area contributed by atoms with E-state index in [0.29, 0.717) is 34.7 Å². The number of carbonyl (C=O) groups excluding carboxylic acids is 1. The number of aryl methyl sites for hydroxylation is 1. The van der Waals surface area contributed by atoms with Crippen molar-refractivity contribution in [3.8, 4) is 17.2 Å². The summed E-state index contributed by atoms with van der Waals surface area (Å²) in [5.41, 5.74) is 2.68. The molecule has 0 unspecified atom stereocenters. The lowest BCUT2D eigenvalue weighted by molar-refractivity contribution is 0.101. The lowest BCUT2D eigenvalue weighted by Crippen LogP contribution is -2.19. The number of rotatable bonds is 4. The molecule has 0 atom stereocenters. The Hall–Kier alpha value is -2.31. The fourth-order valence-electron chi connectivity index (χ4n) is 3.86. The van der Waals surface area contributed by atoms with E-state index >= 15 is 0 Å². The van der Waals surface area contributed by atoms with Crippen LogP contribution in [-0.2, 0) is 6.54 Å². The highest BCUT2D eigenvalue weighted by Crippen LogP contribution is 2.43. The minimum atomic E-state index is -0.169. The predicted octanol–water partition coefficient (Wildman–Crippen LogP) is 4.68. The molecular formula is C22H22BrNO4. The van der Waals surface area contributed by atoms with Crippen molar-refractivity contribution in [2.45, 2.75) is 26.3 Å². The minimum Gasteiger partial charge on any atom is -0.507 e. The molecule has 4 rings (SSSR count).